The van der Waals surface area contributed by atoms with E-state index in [1.807, 2.05) is 13.8 Å². The molecule has 0 aromatic rings. The number of likely N-dealkylation sites (tertiary alicyclic amines) is 1. The summed E-state index contributed by atoms with van der Waals surface area (Å²) in [5.74, 6) is -2.54. The molecule has 4 atom stereocenters. The maximum atomic E-state index is 13.5. The van der Waals surface area contributed by atoms with Crippen molar-refractivity contribution in [2.45, 2.75) is 89.4 Å². The van der Waals surface area contributed by atoms with Gasteiger partial charge in [0.15, 0.2) is 5.96 Å². The summed E-state index contributed by atoms with van der Waals surface area (Å²) in [5, 5.41) is 14.8. The molecular formula is C23H44N8O5. The smallest absolute Gasteiger partial charge is 0.326 e. The standard InChI is InChI=1S/C23H44N8O5/c1-14(2)13-17(22(35)36)30-20(33)18-9-6-12-31(18)21(34)16(8-5-11-28-23(26)27)29-19(32)15(25)7-3-4-10-24/h14-18H,3-13,24-25H2,1-2H3,(H,29,32)(H,30,33)(H,35,36)(H4,26,27,28). The number of carbonyl (C=O) groups is 4. The lowest BCUT2D eigenvalue weighted by Crippen LogP contribution is -2.56. The van der Waals surface area contributed by atoms with Gasteiger partial charge in [0.25, 0.3) is 0 Å². The lowest BCUT2D eigenvalue weighted by Gasteiger charge is -2.30. The van der Waals surface area contributed by atoms with Gasteiger partial charge < -0.3 is 43.6 Å². The van der Waals surface area contributed by atoms with Gasteiger partial charge in [-0.3, -0.25) is 19.4 Å². The number of carboxylic acids is 1. The van der Waals surface area contributed by atoms with Gasteiger partial charge in [0.2, 0.25) is 17.7 Å². The number of guanidine groups is 1. The molecule has 0 aromatic carbocycles. The first kappa shape index (κ1) is 31.1. The summed E-state index contributed by atoms with van der Waals surface area (Å²) in [7, 11) is 0. The van der Waals surface area contributed by atoms with E-state index in [2.05, 4.69) is 15.6 Å². The molecule has 0 aliphatic carbocycles. The zero-order chi connectivity index (χ0) is 27.3. The molecular weight excluding hydrogens is 468 g/mol. The van der Waals surface area contributed by atoms with E-state index in [4.69, 9.17) is 22.9 Å². The number of aliphatic imine (C=N–C) groups is 1. The first-order valence-corrected chi connectivity index (χ1v) is 12.6. The van der Waals surface area contributed by atoms with Crippen LogP contribution in [0.4, 0.5) is 0 Å². The number of rotatable bonds is 16. The quantitative estimate of drug-likeness (QED) is 0.0729. The minimum Gasteiger partial charge on any atom is -0.480 e. The fraction of sp³-hybridized carbons (Fsp3) is 0.783. The van der Waals surface area contributed by atoms with Crippen molar-refractivity contribution in [3.63, 3.8) is 0 Å². The first-order chi connectivity index (χ1) is 17.0. The number of carboxylic acid groups (broad SMARTS) is 1. The molecule has 1 aliphatic heterocycles. The van der Waals surface area contributed by atoms with Crippen LogP contribution in [-0.2, 0) is 19.2 Å². The number of nitrogens with zero attached hydrogens (tertiary/aromatic N) is 2. The number of hydrogen-bond donors (Lipinski definition) is 7. The molecule has 206 valence electrons. The number of nitrogens with one attached hydrogen (secondary N) is 2. The van der Waals surface area contributed by atoms with Crippen LogP contribution in [0.1, 0.15) is 65.2 Å². The Kier molecular flexibility index (Phi) is 13.8. The van der Waals surface area contributed by atoms with E-state index in [0.717, 1.165) is 6.42 Å². The van der Waals surface area contributed by atoms with Gasteiger partial charge in [-0.2, -0.15) is 0 Å². The lowest BCUT2D eigenvalue weighted by molar-refractivity contribution is -0.145. The van der Waals surface area contributed by atoms with E-state index in [-0.39, 0.29) is 31.3 Å². The molecule has 11 N–H and O–H groups in total. The van der Waals surface area contributed by atoms with Crippen LogP contribution < -0.4 is 33.6 Å². The number of nitrogens with two attached hydrogens (primary N) is 4. The highest BCUT2D eigenvalue weighted by Gasteiger charge is 2.39. The first-order valence-electron chi connectivity index (χ1n) is 12.6. The SMILES string of the molecule is CC(C)CC(NC(=O)C1CCCN1C(=O)C(CCCN=C(N)N)NC(=O)C(N)CCCCN)C(=O)O. The van der Waals surface area contributed by atoms with Crippen LogP contribution in [-0.4, -0.2) is 83.5 Å². The second kappa shape index (κ2) is 15.9. The van der Waals surface area contributed by atoms with Crippen molar-refractivity contribution in [3.05, 3.63) is 0 Å². The Bertz CT molecular complexity index is 772. The summed E-state index contributed by atoms with van der Waals surface area (Å²) in [6.45, 7) is 4.82. The number of carbonyl (C=O) groups excluding carboxylic acids is 3. The van der Waals surface area contributed by atoms with Gasteiger partial charge >= 0.3 is 5.97 Å². The van der Waals surface area contributed by atoms with Crippen LogP contribution in [0.3, 0.4) is 0 Å². The summed E-state index contributed by atoms with van der Waals surface area (Å²) < 4.78 is 0. The zero-order valence-corrected chi connectivity index (χ0v) is 21.4. The Balaban J connectivity index is 2.95. The van der Waals surface area contributed by atoms with E-state index < -0.39 is 47.9 Å². The van der Waals surface area contributed by atoms with Gasteiger partial charge in [0.1, 0.15) is 18.1 Å². The van der Waals surface area contributed by atoms with Crippen molar-refractivity contribution in [2.24, 2.45) is 33.8 Å². The number of aliphatic carboxylic acids is 1. The monoisotopic (exact) mass is 512 g/mol. The summed E-state index contributed by atoms with van der Waals surface area (Å²) in [4.78, 5) is 56.0. The van der Waals surface area contributed by atoms with Crippen LogP contribution in [0, 0.1) is 5.92 Å². The molecule has 0 radical (unpaired) electrons. The van der Waals surface area contributed by atoms with E-state index in [1.165, 1.54) is 4.90 Å². The highest BCUT2D eigenvalue weighted by atomic mass is 16.4. The van der Waals surface area contributed by atoms with Crippen LogP contribution >= 0.6 is 0 Å². The van der Waals surface area contributed by atoms with E-state index >= 15 is 0 Å². The van der Waals surface area contributed by atoms with Gasteiger partial charge in [0.05, 0.1) is 6.04 Å². The normalized spacial score (nSPS) is 17.8. The highest BCUT2D eigenvalue weighted by molar-refractivity contribution is 5.94. The third-order valence-electron chi connectivity index (χ3n) is 6.03. The maximum absolute atomic E-state index is 13.5. The molecule has 13 heteroatoms. The Labute approximate surface area is 212 Å². The van der Waals surface area contributed by atoms with Crippen molar-refractivity contribution in [3.8, 4) is 0 Å². The second-order valence-corrected chi connectivity index (χ2v) is 9.62. The average molecular weight is 513 g/mol. The van der Waals surface area contributed by atoms with Crippen molar-refractivity contribution < 1.29 is 24.3 Å². The Morgan fingerprint density at radius 1 is 1.06 bits per heavy atom. The maximum Gasteiger partial charge on any atom is 0.326 e. The molecule has 13 nitrogen and oxygen atoms in total. The number of hydrogen-bond acceptors (Lipinski definition) is 7. The molecule has 1 saturated heterocycles. The molecule has 1 rings (SSSR count). The molecule has 0 bridgehead atoms. The molecule has 1 heterocycles. The molecule has 36 heavy (non-hydrogen) atoms. The summed E-state index contributed by atoms with van der Waals surface area (Å²) in [6.07, 6.45) is 3.76. The molecule has 0 spiro atoms. The number of unbranched alkanes of at least 4 members (excludes halogenated alkanes) is 1. The summed E-state index contributed by atoms with van der Waals surface area (Å²) >= 11 is 0. The highest BCUT2D eigenvalue weighted by Crippen LogP contribution is 2.20. The topological polar surface area (TPSA) is 232 Å². The van der Waals surface area contributed by atoms with E-state index in [0.29, 0.717) is 45.2 Å². The lowest BCUT2D eigenvalue weighted by atomic mass is 10.0. The molecule has 1 fully saturated rings. The van der Waals surface area contributed by atoms with Crippen molar-refractivity contribution in [1.82, 2.24) is 15.5 Å². The number of amides is 3. The van der Waals surface area contributed by atoms with Gasteiger partial charge in [-0.05, 0) is 57.4 Å². The largest absolute Gasteiger partial charge is 0.480 e. The van der Waals surface area contributed by atoms with Gasteiger partial charge in [0, 0.05) is 13.1 Å². The van der Waals surface area contributed by atoms with E-state index in [1.54, 1.807) is 0 Å². The Hall–Kier alpha value is -2.93. The Morgan fingerprint density at radius 3 is 2.33 bits per heavy atom. The second-order valence-electron chi connectivity index (χ2n) is 9.62. The zero-order valence-electron chi connectivity index (χ0n) is 21.4. The minimum atomic E-state index is -1.12. The van der Waals surface area contributed by atoms with Crippen LogP contribution in [0.5, 0.6) is 0 Å². The van der Waals surface area contributed by atoms with Crippen molar-refractivity contribution in [2.75, 3.05) is 19.6 Å². The molecule has 0 aromatic heterocycles. The minimum absolute atomic E-state index is 0.0617. The fourth-order valence-electron chi connectivity index (χ4n) is 4.14. The third kappa shape index (κ3) is 10.8. The molecule has 1 aliphatic rings. The summed E-state index contributed by atoms with van der Waals surface area (Å²) in [5.41, 5.74) is 22.2. The molecule has 0 saturated carbocycles. The predicted octanol–water partition coefficient (Wildman–Crippen LogP) is -1.41. The predicted molar refractivity (Wildman–Crippen MR) is 136 cm³/mol. The van der Waals surface area contributed by atoms with Gasteiger partial charge in [-0.25, -0.2) is 4.79 Å². The van der Waals surface area contributed by atoms with Crippen LogP contribution in [0.25, 0.3) is 0 Å². The Morgan fingerprint density at radius 2 is 1.75 bits per heavy atom. The van der Waals surface area contributed by atoms with Crippen LogP contribution in [0.15, 0.2) is 4.99 Å². The molecule has 4 unspecified atom stereocenters. The summed E-state index contributed by atoms with van der Waals surface area (Å²) in [6, 6.07) is -3.58. The van der Waals surface area contributed by atoms with Gasteiger partial charge in [-0.15, -0.1) is 0 Å². The average Bonchev–Trinajstić information content (AvgIpc) is 3.29. The fourth-order valence-corrected chi connectivity index (χ4v) is 4.14. The van der Waals surface area contributed by atoms with E-state index in [9.17, 15) is 24.3 Å². The van der Waals surface area contributed by atoms with Gasteiger partial charge in [-0.1, -0.05) is 20.3 Å². The van der Waals surface area contributed by atoms with Crippen molar-refractivity contribution >= 4 is 29.7 Å². The van der Waals surface area contributed by atoms with Crippen molar-refractivity contribution in [1.29, 1.82) is 0 Å². The van der Waals surface area contributed by atoms with Crippen LogP contribution in [0.2, 0.25) is 0 Å². The third-order valence-corrected chi connectivity index (χ3v) is 6.03. The molecule has 3 amide bonds.